The first kappa shape index (κ1) is 11.6. The highest BCUT2D eigenvalue weighted by Gasteiger charge is 2.04. The Kier molecular flexibility index (Phi) is 2.87. The first-order valence-electron chi connectivity index (χ1n) is 6.30. The molecule has 0 aliphatic heterocycles. The Morgan fingerprint density at radius 1 is 1.16 bits per heavy atom. The van der Waals surface area contributed by atoms with E-state index in [9.17, 15) is 0 Å². The molecule has 0 aliphatic carbocycles. The van der Waals surface area contributed by atoms with Crippen LogP contribution in [-0.2, 0) is 0 Å². The van der Waals surface area contributed by atoms with E-state index in [-0.39, 0.29) is 0 Å². The third-order valence-corrected chi connectivity index (χ3v) is 2.92. The molecule has 0 saturated carbocycles. The molecule has 2 aromatic heterocycles. The number of H-pyrrole nitrogens is 1. The van der Waals surface area contributed by atoms with Crippen molar-refractivity contribution in [3.05, 3.63) is 36.2 Å². The fraction of sp³-hybridized carbons (Fsp3) is 0.214. The lowest BCUT2D eigenvalue weighted by atomic mass is 10.1. The van der Waals surface area contributed by atoms with Crippen molar-refractivity contribution in [3.63, 3.8) is 0 Å². The molecule has 0 bridgehead atoms. The monoisotopic (exact) mass is 253 g/mol. The van der Waals surface area contributed by atoms with Gasteiger partial charge in [0.1, 0.15) is 11.6 Å². The molecule has 3 aromatic rings. The van der Waals surface area contributed by atoms with Crippen LogP contribution in [0.2, 0.25) is 0 Å². The number of nitrogens with zero attached hydrogens (tertiary/aromatic N) is 3. The molecule has 0 atom stereocenters. The van der Waals surface area contributed by atoms with Gasteiger partial charge in [0.2, 0.25) is 0 Å². The van der Waals surface area contributed by atoms with Gasteiger partial charge in [-0.3, -0.25) is 0 Å². The number of aromatic amines is 1. The normalized spacial score (nSPS) is 10.8. The summed E-state index contributed by atoms with van der Waals surface area (Å²) in [6, 6.07) is 9.96. The zero-order valence-corrected chi connectivity index (χ0v) is 10.9. The third-order valence-electron chi connectivity index (χ3n) is 2.92. The van der Waals surface area contributed by atoms with Gasteiger partial charge in [-0.1, -0.05) is 6.07 Å². The fourth-order valence-corrected chi connectivity index (χ4v) is 2.06. The van der Waals surface area contributed by atoms with Crippen molar-refractivity contribution >= 4 is 16.9 Å². The largest absolute Gasteiger partial charge is 0.369 e. The molecule has 1 aromatic carbocycles. The summed E-state index contributed by atoms with van der Waals surface area (Å²) in [5.41, 5.74) is 3.88. The van der Waals surface area contributed by atoms with Crippen LogP contribution in [0.4, 0.5) is 5.82 Å². The molecule has 0 radical (unpaired) electrons. The maximum atomic E-state index is 4.38. The van der Waals surface area contributed by atoms with Gasteiger partial charge in [0.05, 0.1) is 16.7 Å². The molecule has 0 amide bonds. The smallest absolute Gasteiger partial charge is 0.148 e. The van der Waals surface area contributed by atoms with Gasteiger partial charge >= 0.3 is 0 Å². The van der Waals surface area contributed by atoms with E-state index in [1.54, 1.807) is 0 Å². The number of fused-ring (bicyclic) bond motifs is 1. The zero-order valence-electron chi connectivity index (χ0n) is 10.9. The summed E-state index contributed by atoms with van der Waals surface area (Å²) in [5, 5.41) is 11.5. The first-order valence-corrected chi connectivity index (χ1v) is 6.30. The topological polar surface area (TPSA) is 66.5 Å². The standard InChI is InChI=1S/C14H15N5/c1-3-15-14-7-6-11(18-19-14)10-4-5-12-13(8-10)17-9(2)16-12/h4-8H,3H2,1-2H3,(H,15,19)(H,16,17). The van der Waals surface area contributed by atoms with Gasteiger partial charge in [0.25, 0.3) is 0 Å². The van der Waals surface area contributed by atoms with Gasteiger partial charge in [-0.05, 0) is 38.1 Å². The van der Waals surface area contributed by atoms with Crippen molar-refractivity contribution < 1.29 is 0 Å². The summed E-state index contributed by atoms with van der Waals surface area (Å²) in [6.07, 6.45) is 0. The summed E-state index contributed by atoms with van der Waals surface area (Å²) < 4.78 is 0. The predicted octanol–water partition coefficient (Wildman–Crippen LogP) is 2.76. The minimum absolute atomic E-state index is 0.796. The van der Waals surface area contributed by atoms with Crippen molar-refractivity contribution in [1.82, 2.24) is 20.2 Å². The van der Waals surface area contributed by atoms with Gasteiger partial charge < -0.3 is 10.3 Å². The molecule has 5 heteroatoms. The molecule has 0 unspecified atom stereocenters. The van der Waals surface area contributed by atoms with Crippen LogP contribution in [0.3, 0.4) is 0 Å². The zero-order chi connectivity index (χ0) is 13.2. The predicted molar refractivity (Wildman–Crippen MR) is 76.0 cm³/mol. The molecule has 2 heterocycles. The van der Waals surface area contributed by atoms with E-state index in [0.717, 1.165) is 40.5 Å². The van der Waals surface area contributed by atoms with Crippen LogP contribution in [0.5, 0.6) is 0 Å². The third kappa shape index (κ3) is 2.27. The van der Waals surface area contributed by atoms with Crippen molar-refractivity contribution in [2.45, 2.75) is 13.8 Å². The Morgan fingerprint density at radius 3 is 2.79 bits per heavy atom. The van der Waals surface area contributed by atoms with Gasteiger partial charge in [-0.15, -0.1) is 10.2 Å². The van der Waals surface area contributed by atoms with Gasteiger partial charge in [0.15, 0.2) is 0 Å². The lowest BCUT2D eigenvalue weighted by Crippen LogP contribution is -2.00. The molecule has 5 nitrogen and oxygen atoms in total. The second kappa shape index (κ2) is 4.68. The van der Waals surface area contributed by atoms with E-state index in [4.69, 9.17) is 0 Å². The molecule has 2 N–H and O–H groups in total. The number of rotatable bonds is 3. The van der Waals surface area contributed by atoms with Gasteiger partial charge in [0, 0.05) is 12.1 Å². The lowest BCUT2D eigenvalue weighted by Gasteiger charge is -2.03. The Labute approximate surface area is 111 Å². The summed E-state index contributed by atoms with van der Waals surface area (Å²) in [6.45, 7) is 4.82. The number of anilines is 1. The molecule has 96 valence electrons. The maximum Gasteiger partial charge on any atom is 0.148 e. The van der Waals surface area contributed by atoms with Gasteiger partial charge in [-0.25, -0.2) is 4.98 Å². The highest BCUT2D eigenvalue weighted by atomic mass is 15.2. The van der Waals surface area contributed by atoms with Crippen LogP contribution in [-0.4, -0.2) is 26.7 Å². The van der Waals surface area contributed by atoms with Gasteiger partial charge in [-0.2, -0.15) is 0 Å². The van der Waals surface area contributed by atoms with E-state index < -0.39 is 0 Å². The molecule has 0 fully saturated rings. The minimum Gasteiger partial charge on any atom is -0.369 e. The highest BCUT2D eigenvalue weighted by Crippen LogP contribution is 2.21. The Hall–Kier alpha value is -2.43. The molecular formula is C14H15N5. The second-order valence-electron chi connectivity index (χ2n) is 4.39. The second-order valence-corrected chi connectivity index (χ2v) is 4.39. The van der Waals surface area contributed by atoms with Crippen molar-refractivity contribution in [2.75, 3.05) is 11.9 Å². The molecule has 0 aliphatic rings. The molecule has 3 rings (SSSR count). The number of benzene rings is 1. The van der Waals surface area contributed by atoms with Crippen LogP contribution in [0.25, 0.3) is 22.3 Å². The molecule has 0 spiro atoms. The molecule has 0 saturated heterocycles. The van der Waals surface area contributed by atoms with Crippen LogP contribution in [0.1, 0.15) is 12.7 Å². The number of aryl methyl sites for hydroxylation is 1. The summed E-state index contributed by atoms with van der Waals surface area (Å²) in [4.78, 5) is 7.61. The number of imidazole rings is 1. The Balaban J connectivity index is 1.98. The van der Waals surface area contributed by atoms with Crippen LogP contribution in [0.15, 0.2) is 30.3 Å². The number of hydrogen-bond donors (Lipinski definition) is 2. The number of hydrogen-bond acceptors (Lipinski definition) is 4. The Bertz CT molecular complexity index is 699. The van der Waals surface area contributed by atoms with Crippen molar-refractivity contribution in [1.29, 1.82) is 0 Å². The number of nitrogens with one attached hydrogen (secondary N) is 2. The van der Waals surface area contributed by atoms with Crippen LogP contribution >= 0.6 is 0 Å². The SMILES string of the molecule is CCNc1ccc(-c2ccc3nc(C)[nH]c3c2)nn1. The van der Waals surface area contributed by atoms with E-state index in [0.29, 0.717) is 0 Å². The van der Waals surface area contributed by atoms with E-state index in [2.05, 4.69) is 25.5 Å². The molecule has 19 heavy (non-hydrogen) atoms. The fourth-order valence-electron chi connectivity index (χ4n) is 2.06. The van der Waals surface area contributed by atoms with E-state index >= 15 is 0 Å². The van der Waals surface area contributed by atoms with E-state index in [1.165, 1.54) is 0 Å². The average molecular weight is 253 g/mol. The van der Waals surface area contributed by atoms with Crippen molar-refractivity contribution in [2.24, 2.45) is 0 Å². The average Bonchev–Trinajstić information content (AvgIpc) is 2.79. The summed E-state index contributed by atoms with van der Waals surface area (Å²) >= 11 is 0. The lowest BCUT2D eigenvalue weighted by molar-refractivity contribution is 1.02. The van der Waals surface area contributed by atoms with Crippen LogP contribution < -0.4 is 5.32 Å². The maximum absolute atomic E-state index is 4.38. The Morgan fingerprint density at radius 2 is 2.05 bits per heavy atom. The van der Waals surface area contributed by atoms with Crippen molar-refractivity contribution in [3.8, 4) is 11.3 Å². The summed E-state index contributed by atoms with van der Waals surface area (Å²) in [7, 11) is 0. The highest BCUT2D eigenvalue weighted by molar-refractivity contribution is 5.81. The first-order chi connectivity index (χ1) is 9.26. The van der Waals surface area contributed by atoms with Crippen LogP contribution in [0, 0.1) is 6.92 Å². The quantitative estimate of drug-likeness (QED) is 0.753. The van der Waals surface area contributed by atoms with E-state index in [1.807, 2.05) is 44.2 Å². The summed E-state index contributed by atoms with van der Waals surface area (Å²) in [5.74, 6) is 1.71. The molecular weight excluding hydrogens is 238 g/mol. The minimum atomic E-state index is 0.796. The number of aromatic nitrogens is 4.